The molecule has 0 spiro atoms. The molecular formula is C15H23ClFNO. The second kappa shape index (κ2) is 9.29. The minimum atomic E-state index is -0.344. The quantitative estimate of drug-likeness (QED) is 0.697. The molecule has 1 aromatic carbocycles. The summed E-state index contributed by atoms with van der Waals surface area (Å²) in [5.41, 5.74) is 0.976. The molecule has 0 saturated heterocycles. The Labute approximate surface area is 120 Å². The molecule has 1 rings (SSSR count). The number of benzene rings is 1. The second-order valence-electron chi connectivity index (χ2n) is 4.55. The van der Waals surface area contributed by atoms with Gasteiger partial charge in [-0.25, -0.2) is 4.39 Å². The van der Waals surface area contributed by atoms with Crippen molar-refractivity contribution in [2.24, 2.45) is 0 Å². The summed E-state index contributed by atoms with van der Waals surface area (Å²) >= 11 is 5.69. The van der Waals surface area contributed by atoms with Gasteiger partial charge in [0.15, 0.2) is 0 Å². The Morgan fingerprint density at radius 3 is 2.79 bits per heavy atom. The summed E-state index contributed by atoms with van der Waals surface area (Å²) in [6.07, 6.45) is 2.85. The van der Waals surface area contributed by atoms with Crippen LogP contribution in [0.15, 0.2) is 18.2 Å². The molecule has 2 nitrogen and oxygen atoms in total. The number of ether oxygens (including phenoxy) is 1. The molecule has 0 radical (unpaired) electrons. The van der Waals surface area contributed by atoms with E-state index in [9.17, 15) is 4.39 Å². The van der Waals surface area contributed by atoms with Crippen molar-refractivity contribution in [2.45, 2.75) is 39.2 Å². The third-order valence-electron chi connectivity index (χ3n) is 3.00. The molecule has 4 heteroatoms. The normalized spacial score (nSPS) is 12.6. The van der Waals surface area contributed by atoms with E-state index in [0.29, 0.717) is 6.04 Å². The number of rotatable bonds is 9. The van der Waals surface area contributed by atoms with Crippen LogP contribution in [0.5, 0.6) is 0 Å². The lowest BCUT2D eigenvalue weighted by Gasteiger charge is -2.18. The zero-order valence-electron chi connectivity index (χ0n) is 11.7. The van der Waals surface area contributed by atoms with E-state index in [1.165, 1.54) is 6.07 Å². The number of nitrogens with one attached hydrogen (secondary N) is 1. The van der Waals surface area contributed by atoms with Gasteiger partial charge in [0.2, 0.25) is 0 Å². The van der Waals surface area contributed by atoms with Gasteiger partial charge in [0.1, 0.15) is 5.82 Å². The van der Waals surface area contributed by atoms with Crippen LogP contribution in [0.25, 0.3) is 0 Å². The molecule has 0 heterocycles. The average Bonchev–Trinajstić information content (AvgIpc) is 2.39. The highest BCUT2D eigenvalue weighted by atomic mass is 35.5. The lowest BCUT2D eigenvalue weighted by atomic mass is 10.0. The Balaban J connectivity index is 2.49. The van der Waals surface area contributed by atoms with E-state index < -0.39 is 0 Å². The van der Waals surface area contributed by atoms with Crippen molar-refractivity contribution in [3.8, 4) is 0 Å². The lowest BCUT2D eigenvalue weighted by molar-refractivity contribution is 0.141. The van der Waals surface area contributed by atoms with E-state index in [-0.39, 0.29) is 10.8 Å². The van der Waals surface area contributed by atoms with E-state index in [1.54, 1.807) is 6.07 Å². The predicted molar refractivity (Wildman–Crippen MR) is 78.3 cm³/mol. The molecule has 0 amide bonds. The maximum Gasteiger partial charge on any atom is 0.142 e. The maximum absolute atomic E-state index is 13.4. The van der Waals surface area contributed by atoms with Crippen molar-refractivity contribution in [1.29, 1.82) is 0 Å². The fourth-order valence-corrected chi connectivity index (χ4v) is 2.21. The zero-order valence-corrected chi connectivity index (χ0v) is 12.5. The standard InChI is InChI=1S/C15H23ClFNO/c1-3-18-13(6-5-9-19-4-2)10-12-7-8-14(16)15(17)11-12/h7-8,11,13,18H,3-6,9-10H2,1-2H3. The minimum Gasteiger partial charge on any atom is -0.382 e. The Hall–Kier alpha value is -0.640. The summed E-state index contributed by atoms with van der Waals surface area (Å²) in [5.74, 6) is -0.344. The highest BCUT2D eigenvalue weighted by Crippen LogP contribution is 2.17. The van der Waals surface area contributed by atoms with Crippen molar-refractivity contribution in [1.82, 2.24) is 5.32 Å². The van der Waals surface area contributed by atoms with E-state index >= 15 is 0 Å². The molecule has 0 aliphatic carbocycles. The van der Waals surface area contributed by atoms with Gasteiger partial charge in [-0.3, -0.25) is 0 Å². The van der Waals surface area contributed by atoms with Crippen LogP contribution < -0.4 is 5.32 Å². The summed E-state index contributed by atoms with van der Waals surface area (Å²) in [7, 11) is 0. The molecule has 0 fully saturated rings. The minimum absolute atomic E-state index is 0.181. The van der Waals surface area contributed by atoms with Gasteiger partial charge < -0.3 is 10.1 Å². The first kappa shape index (κ1) is 16.4. The van der Waals surface area contributed by atoms with Gasteiger partial charge in [0.05, 0.1) is 5.02 Å². The molecule has 1 aromatic rings. The summed E-state index contributed by atoms with van der Waals surface area (Å²) < 4.78 is 18.7. The fraction of sp³-hybridized carbons (Fsp3) is 0.600. The molecule has 0 bridgehead atoms. The Morgan fingerprint density at radius 2 is 2.16 bits per heavy atom. The van der Waals surface area contributed by atoms with Crippen molar-refractivity contribution in [3.05, 3.63) is 34.6 Å². The van der Waals surface area contributed by atoms with Crippen molar-refractivity contribution in [2.75, 3.05) is 19.8 Å². The van der Waals surface area contributed by atoms with Gasteiger partial charge in [-0.15, -0.1) is 0 Å². The summed E-state index contributed by atoms with van der Waals surface area (Å²) in [6, 6.07) is 5.38. The third kappa shape index (κ3) is 6.37. The highest BCUT2D eigenvalue weighted by Gasteiger charge is 2.10. The van der Waals surface area contributed by atoms with Gasteiger partial charge in [-0.1, -0.05) is 24.6 Å². The molecule has 1 N–H and O–H groups in total. The summed E-state index contributed by atoms with van der Waals surface area (Å²) in [5, 5.41) is 3.61. The monoisotopic (exact) mass is 287 g/mol. The van der Waals surface area contributed by atoms with Crippen molar-refractivity contribution < 1.29 is 9.13 Å². The number of hydrogen-bond donors (Lipinski definition) is 1. The van der Waals surface area contributed by atoms with Gasteiger partial charge >= 0.3 is 0 Å². The average molecular weight is 288 g/mol. The molecule has 0 aromatic heterocycles. The maximum atomic E-state index is 13.4. The van der Waals surface area contributed by atoms with Crippen LogP contribution in [0, 0.1) is 5.82 Å². The molecular weight excluding hydrogens is 265 g/mol. The molecule has 1 atom stereocenters. The van der Waals surface area contributed by atoms with Crippen molar-refractivity contribution >= 4 is 11.6 Å². The molecule has 108 valence electrons. The Bertz CT molecular complexity index is 373. The summed E-state index contributed by atoms with van der Waals surface area (Å²) in [4.78, 5) is 0. The van der Waals surface area contributed by atoms with Crippen LogP contribution in [0.1, 0.15) is 32.3 Å². The highest BCUT2D eigenvalue weighted by molar-refractivity contribution is 6.30. The van der Waals surface area contributed by atoms with Crippen LogP contribution in [-0.2, 0) is 11.2 Å². The smallest absolute Gasteiger partial charge is 0.142 e. The molecule has 19 heavy (non-hydrogen) atoms. The van der Waals surface area contributed by atoms with Crippen LogP contribution >= 0.6 is 11.6 Å². The van der Waals surface area contributed by atoms with Gasteiger partial charge in [0.25, 0.3) is 0 Å². The molecule has 0 aliphatic heterocycles. The topological polar surface area (TPSA) is 21.3 Å². The third-order valence-corrected chi connectivity index (χ3v) is 3.31. The molecule has 1 unspecified atom stereocenters. The first-order chi connectivity index (χ1) is 9.17. The van der Waals surface area contributed by atoms with Crippen LogP contribution in [0.4, 0.5) is 4.39 Å². The Kier molecular flexibility index (Phi) is 8.03. The largest absolute Gasteiger partial charge is 0.382 e. The van der Waals surface area contributed by atoms with Gasteiger partial charge in [-0.2, -0.15) is 0 Å². The van der Waals surface area contributed by atoms with Crippen LogP contribution in [-0.4, -0.2) is 25.8 Å². The number of likely N-dealkylation sites (N-methyl/N-ethyl adjacent to an activating group) is 1. The van der Waals surface area contributed by atoms with Gasteiger partial charge in [0, 0.05) is 19.3 Å². The number of hydrogen-bond acceptors (Lipinski definition) is 2. The van der Waals surface area contributed by atoms with E-state index in [0.717, 1.165) is 44.6 Å². The molecule has 0 aliphatic rings. The van der Waals surface area contributed by atoms with Crippen LogP contribution in [0.2, 0.25) is 5.02 Å². The number of halogens is 2. The SMILES string of the molecule is CCNC(CCCOCC)Cc1ccc(Cl)c(F)c1. The zero-order chi connectivity index (χ0) is 14.1. The van der Waals surface area contributed by atoms with Crippen molar-refractivity contribution in [3.63, 3.8) is 0 Å². The van der Waals surface area contributed by atoms with E-state index in [2.05, 4.69) is 12.2 Å². The fourth-order valence-electron chi connectivity index (χ4n) is 2.09. The lowest BCUT2D eigenvalue weighted by Crippen LogP contribution is -2.31. The first-order valence-corrected chi connectivity index (χ1v) is 7.30. The van der Waals surface area contributed by atoms with Gasteiger partial charge in [-0.05, 0) is 50.4 Å². The van der Waals surface area contributed by atoms with Crippen LogP contribution in [0.3, 0.4) is 0 Å². The predicted octanol–water partition coefficient (Wildman–Crippen LogP) is 3.82. The first-order valence-electron chi connectivity index (χ1n) is 6.92. The summed E-state index contributed by atoms with van der Waals surface area (Å²) in [6.45, 7) is 6.53. The second-order valence-corrected chi connectivity index (χ2v) is 4.95. The van der Waals surface area contributed by atoms with E-state index in [1.807, 2.05) is 13.0 Å². The Morgan fingerprint density at radius 1 is 1.37 bits per heavy atom. The van der Waals surface area contributed by atoms with E-state index in [4.69, 9.17) is 16.3 Å². The molecule has 0 saturated carbocycles.